The highest BCUT2D eigenvalue weighted by Crippen LogP contribution is 2.07. The molecule has 13 heavy (non-hydrogen) atoms. The van der Waals surface area contributed by atoms with Crippen molar-refractivity contribution < 1.29 is 4.79 Å². The van der Waals surface area contributed by atoms with Crippen LogP contribution in [0.15, 0.2) is 6.20 Å². The first-order valence-electron chi connectivity index (χ1n) is 3.78. The van der Waals surface area contributed by atoms with Crippen LogP contribution in [0, 0.1) is 0 Å². The molecule has 1 rings (SSSR count). The van der Waals surface area contributed by atoms with Gasteiger partial charge in [0.1, 0.15) is 4.88 Å². The zero-order chi connectivity index (χ0) is 9.84. The molecule has 0 spiro atoms. The van der Waals surface area contributed by atoms with Crippen molar-refractivity contribution in [3.05, 3.63) is 11.1 Å². The van der Waals surface area contributed by atoms with Crippen LogP contribution in [-0.4, -0.2) is 39.4 Å². The van der Waals surface area contributed by atoms with Crippen molar-refractivity contribution in [2.24, 2.45) is 0 Å². The van der Waals surface area contributed by atoms with E-state index in [1.807, 2.05) is 6.92 Å². The maximum Gasteiger partial charge on any atom is 0.267 e. The Hall–Kier alpha value is -0.680. The SMILES string of the molecule is CC(Cl)CN(C)C(=O)c1cnns1. The van der Waals surface area contributed by atoms with Gasteiger partial charge in [0.25, 0.3) is 5.91 Å². The van der Waals surface area contributed by atoms with Crippen molar-refractivity contribution in [1.29, 1.82) is 0 Å². The summed E-state index contributed by atoms with van der Waals surface area (Å²) in [5.41, 5.74) is 0. The predicted molar refractivity (Wildman–Crippen MR) is 52.2 cm³/mol. The Morgan fingerprint density at radius 3 is 3.00 bits per heavy atom. The van der Waals surface area contributed by atoms with Gasteiger partial charge in [0.05, 0.1) is 6.20 Å². The van der Waals surface area contributed by atoms with Gasteiger partial charge >= 0.3 is 0 Å². The van der Waals surface area contributed by atoms with Crippen LogP contribution in [0.25, 0.3) is 0 Å². The molecule has 72 valence electrons. The summed E-state index contributed by atoms with van der Waals surface area (Å²) in [4.78, 5) is 13.6. The minimum absolute atomic E-state index is 0.0465. The number of nitrogens with zero attached hydrogens (tertiary/aromatic N) is 3. The summed E-state index contributed by atoms with van der Waals surface area (Å²) in [6.07, 6.45) is 1.46. The van der Waals surface area contributed by atoms with E-state index in [-0.39, 0.29) is 11.3 Å². The molecule has 0 aliphatic rings. The highest BCUT2D eigenvalue weighted by Gasteiger charge is 2.14. The number of alkyl halides is 1. The molecule has 6 heteroatoms. The maximum atomic E-state index is 11.5. The average Bonchev–Trinajstić information content (AvgIpc) is 2.53. The molecular formula is C7H10ClN3OS. The fraction of sp³-hybridized carbons (Fsp3) is 0.571. The standard InChI is InChI=1S/C7H10ClN3OS/c1-5(8)4-11(2)7(12)6-3-9-10-13-6/h3,5H,4H2,1-2H3. The molecule has 0 saturated carbocycles. The summed E-state index contributed by atoms with van der Waals surface area (Å²) in [5, 5.41) is 3.55. The van der Waals surface area contributed by atoms with Crippen molar-refractivity contribution in [3.8, 4) is 0 Å². The monoisotopic (exact) mass is 219 g/mol. The summed E-state index contributed by atoms with van der Waals surface area (Å²) in [6, 6.07) is 0. The van der Waals surface area contributed by atoms with Crippen molar-refractivity contribution in [2.45, 2.75) is 12.3 Å². The molecule has 1 aromatic rings. The Bertz CT molecular complexity index is 275. The molecule has 1 aromatic heterocycles. The van der Waals surface area contributed by atoms with Gasteiger partial charge in [0.2, 0.25) is 0 Å². The highest BCUT2D eigenvalue weighted by molar-refractivity contribution is 7.07. The molecular weight excluding hydrogens is 210 g/mol. The van der Waals surface area contributed by atoms with Crippen LogP contribution < -0.4 is 0 Å². The zero-order valence-corrected chi connectivity index (χ0v) is 8.97. The molecule has 0 aliphatic heterocycles. The molecule has 1 unspecified atom stereocenters. The van der Waals surface area contributed by atoms with E-state index in [4.69, 9.17) is 11.6 Å². The zero-order valence-electron chi connectivity index (χ0n) is 7.40. The second-order valence-electron chi connectivity index (χ2n) is 2.75. The number of hydrogen-bond acceptors (Lipinski definition) is 4. The van der Waals surface area contributed by atoms with E-state index in [1.54, 1.807) is 11.9 Å². The van der Waals surface area contributed by atoms with E-state index < -0.39 is 0 Å². The number of rotatable bonds is 3. The Morgan fingerprint density at radius 2 is 2.54 bits per heavy atom. The van der Waals surface area contributed by atoms with Gasteiger partial charge in [-0.2, -0.15) is 0 Å². The Balaban J connectivity index is 2.58. The summed E-state index contributed by atoms with van der Waals surface area (Å²) >= 11 is 6.85. The van der Waals surface area contributed by atoms with Crippen LogP contribution in [0.1, 0.15) is 16.6 Å². The molecule has 0 saturated heterocycles. The van der Waals surface area contributed by atoms with Gasteiger partial charge in [-0.15, -0.1) is 16.7 Å². The Morgan fingerprint density at radius 1 is 1.85 bits per heavy atom. The van der Waals surface area contributed by atoms with E-state index in [0.717, 1.165) is 11.5 Å². The Labute approximate surface area is 85.7 Å². The predicted octanol–water partition coefficient (Wildman–Crippen LogP) is 1.24. The molecule has 0 fully saturated rings. The fourth-order valence-electron chi connectivity index (χ4n) is 0.910. The van der Waals surface area contributed by atoms with Crippen LogP contribution in [0.2, 0.25) is 0 Å². The summed E-state index contributed by atoms with van der Waals surface area (Å²) < 4.78 is 3.62. The van der Waals surface area contributed by atoms with E-state index >= 15 is 0 Å². The van der Waals surface area contributed by atoms with Gasteiger partial charge in [-0.05, 0) is 18.5 Å². The molecule has 0 N–H and O–H groups in total. The fourth-order valence-corrected chi connectivity index (χ4v) is 1.63. The number of amides is 1. The molecule has 0 radical (unpaired) electrons. The van der Waals surface area contributed by atoms with Crippen molar-refractivity contribution in [3.63, 3.8) is 0 Å². The lowest BCUT2D eigenvalue weighted by atomic mass is 10.4. The lowest BCUT2D eigenvalue weighted by Gasteiger charge is -2.16. The second-order valence-corrected chi connectivity index (χ2v) is 4.28. The third-order valence-corrected chi connectivity index (χ3v) is 2.23. The minimum atomic E-state index is -0.0810. The van der Waals surface area contributed by atoms with Crippen LogP contribution in [-0.2, 0) is 0 Å². The molecule has 1 heterocycles. The van der Waals surface area contributed by atoms with Gasteiger partial charge in [0, 0.05) is 19.0 Å². The van der Waals surface area contributed by atoms with Crippen molar-refractivity contribution in [1.82, 2.24) is 14.5 Å². The highest BCUT2D eigenvalue weighted by atomic mass is 35.5. The van der Waals surface area contributed by atoms with Crippen LogP contribution >= 0.6 is 23.1 Å². The van der Waals surface area contributed by atoms with Gasteiger partial charge in [-0.25, -0.2) is 0 Å². The van der Waals surface area contributed by atoms with E-state index in [9.17, 15) is 4.79 Å². The number of carbonyl (C=O) groups excluding carboxylic acids is 1. The lowest BCUT2D eigenvalue weighted by molar-refractivity contribution is 0.0800. The van der Waals surface area contributed by atoms with Gasteiger partial charge < -0.3 is 4.90 Å². The number of aromatic nitrogens is 2. The third kappa shape index (κ3) is 2.93. The maximum absolute atomic E-state index is 11.5. The van der Waals surface area contributed by atoms with Crippen molar-refractivity contribution >= 4 is 29.0 Å². The van der Waals surface area contributed by atoms with E-state index in [0.29, 0.717) is 11.4 Å². The molecule has 0 bridgehead atoms. The van der Waals surface area contributed by atoms with Gasteiger partial charge in [-0.1, -0.05) is 4.49 Å². The van der Waals surface area contributed by atoms with E-state index in [1.165, 1.54) is 6.20 Å². The first-order valence-corrected chi connectivity index (χ1v) is 4.99. The molecule has 4 nitrogen and oxygen atoms in total. The lowest BCUT2D eigenvalue weighted by Crippen LogP contribution is -2.30. The number of halogens is 1. The summed E-state index contributed by atoms with van der Waals surface area (Å²) in [6.45, 7) is 2.37. The van der Waals surface area contributed by atoms with Crippen LogP contribution in [0.5, 0.6) is 0 Å². The first-order chi connectivity index (χ1) is 6.11. The minimum Gasteiger partial charge on any atom is -0.339 e. The normalized spacial score (nSPS) is 12.5. The average molecular weight is 220 g/mol. The van der Waals surface area contributed by atoms with Crippen LogP contribution in [0.4, 0.5) is 0 Å². The largest absolute Gasteiger partial charge is 0.339 e. The van der Waals surface area contributed by atoms with E-state index in [2.05, 4.69) is 9.59 Å². The first kappa shape index (κ1) is 10.4. The number of hydrogen-bond donors (Lipinski definition) is 0. The second kappa shape index (κ2) is 4.53. The van der Waals surface area contributed by atoms with Gasteiger partial charge in [0.15, 0.2) is 0 Å². The molecule has 1 amide bonds. The van der Waals surface area contributed by atoms with Gasteiger partial charge in [-0.3, -0.25) is 4.79 Å². The Kier molecular flexibility index (Phi) is 3.62. The molecule has 0 aromatic carbocycles. The third-order valence-electron chi connectivity index (χ3n) is 1.44. The quantitative estimate of drug-likeness (QED) is 0.719. The van der Waals surface area contributed by atoms with Crippen molar-refractivity contribution in [2.75, 3.05) is 13.6 Å². The smallest absolute Gasteiger partial charge is 0.267 e. The summed E-state index contributed by atoms with van der Waals surface area (Å²) in [5.74, 6) is -0.0810. The topological polar surface area (TPSA) is 46.1 Å². The molecule has 1 atom stereocenters. The van der Waals surface area contributed by atoms with Crippen LogP contribution in [0.3, 0.4) is 0 Å². The summed E-state index contributed by atoms with van der Waals surface area (Å²) in [7, 11) is 1.71. The number of carbonyl (C=O) groups is 1. The molecule has 0 aliphatic carbocycles.